The Labute approximate surface area is 111 Å². The maximum Gasteiger partial charge on any atom is 0.273 e. The van der Waals surface area contributed by atoms with Gasteiger partial charge in [0, 0.05) is 24.9 Å². The average molecular weight is 260 g/mol. The number of nitrogens with zero attached hydrogens (tertiary/aromatic N) is 2. The van der Waals surface area contributed by atoms with Crippen LogP contribution in [0.3, 0.4) is 0 Å². The van der Waals surface area contributed by atoms with Gasteiger partial charge in [-0.05, 0) is 19.2 Å². The van der Waals surface area contributed by atoms with Gasteiger partial charge in [-0.3, -0.25) is 9.78 Å². The van der Waals surface area contributed by atoms with Gasteiger partial charge in [0.15, 0.2) is 5.69 Å². The van der Waals surface area contributed by atoms with Crippen molar-refractivity contribution in [3.8, 4) is 0 Å². The fourth-order valence-corrected chi connectivity index (χ4v) is 1.59. The number of rotatable bonds is 6. The molecule has 0 aliphatic heterocycles. The van der Waals surface area contributed by atoms with Crippen molar-refractivity contribution >= 4 is 5.91 Å². The predicted octanol–water partition coefficient (Wildman–Crippen LogP) is 0.761. The molecule has 6 nitrogen and oxygen atoms in total. The van der Waals surface area contributed by atoms with Crippen LogP contribution in [0.4, 0.5) is 0 Å². The third-order valence-electron chi connectivity index (χ3n) is 2.51. The third kappa shape index (κ3) is 3.89. The Morgan fingerprint density at radius 1 is 1.42 bits per heavy atom. The highest BCUT2D eigenvalue weighted by atomic mass is 16.3. The first-order valence-corrected chi connectivity index (χ1v) is 6.06. The van der Waals surface area contributed by atoms with Crippen LogP contribution in [-0.2, 0) is 13.0 Å². The Morgan fingerprint density at radius 3 is 3.05 bits per heavy atom. The van der Waals surface area contributed by atoms with Gasteiger partial charge in [0.05, 0.1) is 6.54 Å². The number of carbonyl (C=O) groups excluding carboxylic acids is 1. The van der Waals surface area contributed by atoms with Gasteiger partial charge < -0.3 is 15.1 Å². The van der Waals surface area contributed by atoms with E-state index in [1.54, 1.807) is 13.2 Å². The van der Waals surface area contributed by atoms with Crippen molar-refractivity contribution in [2.24, 2.45) is 0 Å². The summed E-state index contributed by atoms with van der Waals surface area (Å²) in [6.07, 6.45) is 3.79. The highest BCUT2D eigenvalue weighted by Crippen LogP contribution is 2.01. The van der Waals surface area contributed by atoms with E-state index in [1.807, 2.05) is 18.2 Å². The minimum absolute atomic E-state index is 0.234. The molecule has 19 heavy (non-hydrogen) atoms. The monoisotopic (exact) mass is 260 g/mol. The van der Waals surface area contributed by atoms with Crippen LogP contribution in [-0.4, -0.2) is 29.5 Å². The maximum absolute atomic E-state index is 11.8. The Kier molecular flexibility index (Phi) is 4.63. The molecule has 0 spiro atoms. The molecule has 6 heteroatoms. The molecule has 0 fully saturated rings. The summed E-state index contributed by atoms with van der Waals surface area (Å²) in [5.41, 5.74) is 1.24. The zero-order chi connectivity index (χ0) is 13.5. The molecule has 0 unspecified atom stereocenters. The van der Waals surface area contributed by atoms with E-state index in [1.165, 1.54) is 6.26 Å². The number of hydrogen-bond donors (Lipinski definition) is 2. The number of hydrogen-bond acceptors (Lipinski definition) is 5. The van der Waals surface area contributed by atoms with Crippen LogP contribution < -0.4 is 10.6 Å². The van der Waals surface area contributed by atoms with Gasteiger partial charge in [-0.2, -0.15) is 0 Å². The van der Waals surface area contributed by atoms with Crippen molar-refractivity contribution < 1.29 is 9.21 Å². The molecule has 0 aliphatic carbocycles. The van der Waals surface area contributed by atoms with E-state index in [-0.39, 0.29) is 5.91 Å². The second-order valence-electron chi connectivity index (χ2n) is 3.98. The van der Waals surface area contributed by atoms with Crippen LogP contribution in [0.1, 0.15) is 22.1 Å². The van der Waals surface area contributed by atoms with Gasteiger partial charge in [0.1, 0.15) is 6.26 Å². The minimum atomic E-state index is -0.234. The summed E-state index contributed by atoms with van der Waals surface area (Å²) in [6, 6.07) is 5.71. The average Bonchev–Trinajstić information content (AvgIpc) is 2.89. The number of amides is 1. The first-order chi connectivity index (χ1) is 9.29. The lowest BCUT2D eigenvalue weighted by molar-refractivity contribution is 0.0949. The summed E-state index contributed by atoms with van der Waals surface area (Å²) in [5.74, 6) is 0.263. The molecule has 2 rings (SSSR count). The standard InChI is InChI=1S/C13H16N4O2/c1-14-8-12-17-11(9-19-12)13(18)16-7-5-10-4-2-3-6-15-10/h2-4,6,9,14H,5,7-8H2,1H3,(H,16,18). The van der Waals surface area contributed by atoms with E-state index in [0.717, 1.165) is 5.69 Å². The molecule has 0 atom stereocenters. The molecular formula is C13H16N4O2. The molecule has 0 saturated carbocycles. The van der Waals surface area contributed by atoms with Crippen LogP contribution in [0.5, 0.6) is 0 Å². The van der Waals surface area contributed by atoms with Crippen LogP contribution in [0.2, 0.25) is 0 Å². The molecule has 2 aromatic heterocycles. The molecule has 0 radical (unpaired) electrons. The smallest absolute Gasteiger partial charge is 0.273 e. The SMILES string of the molecule is CNCc1nc(C(=O)NCCc2ccccn2)co1. The number of aromatic nitrogens is 2. The number of carbonyl (C=O) groups is 1. The second kappa shape index (κ2) is 6.65. The van der Waals surface area contributed by atoms with Gasteiger partial charge in [0.2, 0.25) is 5.89 Å². The number of pyridine rings is 1. The van der Waals surface area contributed by atoms with E-state index in [2.05, 4.69) is 20.6 Å². The van der Waals surface area contributed by atoms with Gasteiger partial charge in [-0.15, -0.1) is 0 Å². The van der Waals surface area contributed by atoms with E-state index in [4.69, 9.17) is 4.42 Å². The molecule has 2 N–H and O–H groups in total. The zero-order valence-electron chi connectivity index (χ0n) is 10.7. The fourth-order valence-electron chi connectivity index (χ4n) is 1.59. The fraction of sp³-hybridized carbons (Fsp3) is 0.308. The summed E-state index contributed by atoms with van der Waals surface area (Å²) >= 11 is 0. The first kappa shape index (κ1) is 13.2. The van der Waals surface area contributed by atoms with Gasteiger partial charge in [-0.25, -0.2) is 4.98 Å². The summed E-state index contributed by atoms with van der Waals surface area (Å²) < 4.78 is 5.14. The van der Waals surface area contributed by atoms with Crippen LogP contribution in [0.15, 0.2) is 35.1 Å². The molecule has 2 aromatic rings. The quantitative estimate of drug-likeness (QED) is 0.801. The lowest BCUT2D eigenvalue weighted by Gasteiger charge is -2.02. The lowest BCUT2D eigenvalue weighted by atomic mass is 10.2. The molecule has 0 aromatic carbocycles. The zero-order valence-corrected chi connectivity index (χ0v) is 10.7. The topological polar surface area (TPSA) is 80.0 Å². The highest BCUT2D eigenvalue weighted by Gasteiger charge is 2.11. The molecule has 1 amide bonds. The van der Waals surface area contributed by atoms with E-state index < -0.39 is 0 Å². The molecule has 100 valence electrons. The highest BCUT2D eigenvalue weighted by molar-refractivity contribution is 5.91. The van der Waals surface area contributed by atoms with Gasteiger partial charge in [0.25, 0.3) is 5.91 Å². The van der Waals surface area contributed by atoms with E-state index in [0.29, 0.717) is 31.1 Å². The third-order valence-corrected chi connectivity index (χ3v) is 2.51. The van der Waals surface area contributed by atoms with Crippen molar-refractivity contribution in [3.05, 3.63) is 47.9 Å². The molecule has 0 bridgehead atoms. The molecule has 2 heterocycles. The van der Waals surface area contributed by atoms with E-state index in [9.17, 15) is 4.79 Å². The van der Waals surface area contributed by atoms with Crippen molar-refractivity contribution in [3.63, 3.8) is 0 Å². The molecule has 0 saturated heterocycles. The molecule has 0 aliphatic rings. The first-order valence-electron chi connectivity index (χ1n) is 6.06. The normalized spacial score (nSPS) is 10.4. The predicted molar refractivity (Wildman–Crippen MR) is 69.5 cm³/mol. The van der Waals surface area contributed by atoms with Gasteiger partial charge >= 0.3 is 0 Å². The van der Waals surface area contributed by atoms with Crippen LogP contribution in [0, 0.1) is 0 Å². The van der Waals surface area contributed by atoms with Crippen molar-refractivity contribution in [1.82, 2.24) is 20.6 Å². The van der Waals surface area contributed by atoms with Gasteiger partial charge in [-0.1, -0.05) is 6.07 Å². The largest absolute Gasteiger partial charge is 0.447 e. The van der Waals surface area contributed by atoms with Crippen molar-refractivity contribution in [2.45, 2.75) is 13.0 Å². The van der Waals surface area contributed by atoms with Crippen LogP contribution >= 0.6 is 0 Å². The Hall–Kier alpha value is -2.21. The Bertz CT molecular complexity index is 524. The second-order valence-corrected chi connectivity index (χ2v) is 3.98. The Morgan fingerprint density at radius 2 is 2.32 bits per heavy atom. The summed E-state index contributed by atoms with van der Waals surface area (Å²) in [4.78, 5) is 20.0. The Balaban J connectivity index is 1.80. The maximum atomic E-state index is 11.8. The number of nitrogens with one attached hydrogen (secondary N) is 2. The number of oxazole rings is 1. The minimum Gasteiger partial charge on any atom is -0.447 e. The van der Waals surface area contributed by atoms with Crippen LogP contribution in [0.25, 0.3) is 0 Å². The van der Waals surface area contributed by atoms with Crippen molar-refractivity contribution in [1.29, 1.82) is 0 Å². The molecular weight excluding hydrogens is 244 g/mol. The summed E-state index contributed by atoms with van der Waals surface area (Å²) in [6.45, 7) is 1.02. The van der Waals surface area contributed by atoms with Crippen molar-refractivity contribution in [2.75, 3.05) is 13.6 Å². The summed E-state index contributed by atoms with van der Waals surface area (Å²) in [5, 5.41) is 5.69. The summed E-state index contributed by atoms with van der Waals surface area (Å²) in [7, 11) is 1.79. The lowest BCUT2D eigenvalue weighted by Crippen LogP contribution is -2.26. The van der Waals surface area contributed by atoms with E-state index >= 15 is 0 Å².